The first-order chi connectivity index (χ1) is 16.4. The van der Waals surface area contributed by atoms with Crippen molar-refractivity contribution >= 4 is 34.8 Å². The summed E-state index contributed by atoms with van der Waals surface area (Å²) in [7, 11) is 0. The van der Waals surface area contributed by atoms with E-state index in [0.717, 1.165) is 4.42 Å². The van der Waals surface area contributed by atoms with Gasteiger partial charge in [0.25, 0.3) is 5.91 Å². The van der Waals surface area contributed by atoms with E-state index in [2.05, 4.69) is 10.2 Å². The van der Waals surface area contributed by atoms with Gasteiger partial charge in [0, 0.05) is 11.8 Å². The van der Waals surface area contributed by atoms with Crippen molar-refractivity contribution in [1.82, 2.24) is 0 Å². The highest BCUT2D eigenvalue weighted by molar-refractivity contribution is 6.39. The molecule has 1 amide bonds. The van der Waals surface area contributed by atoms with Crippen LogP contribution in [0.3, 0.4) is 0 Å². The quantitative estimate of drug-likeness (QED) is 0.208. The maximum absolute atomic E-state index is 13.2. The predicted molar refractivity (Wildman–Crippen MR) is 130 cm³/mol. The first-order valence-electron chi connectivity index (χ1n) is 11.1. The van der Waals surface area contributed by atoms with Gasteiger partial charge >= 0.3 is 0 Å². The highest BCUT2D eigenvalue weighted by atomic mass is 35.5. The number of carbonyl (C=O) groups excluding carboxylic acids is 2. The molecule has 0 saturated carbocycles. The number of ketones is 1. The molecule has 0 bridgehead atoms. The number of nitrogens with zero attached hydrogens (tertiary/aromatic N) is 3. The maximum Gasteiger partial charge on any atom is 0.276 e. The molecule has 184 valence electrons. The van der Waals surface area contributed by atoms with Crippen molar-refractivity contribution in [2.75, 3.05) is 30.8 Å². The SMILES string of the molecule is CCOc1cccc(OCC)c1N=NC(C(C)=O)C(=O)N(Cl)c1cccc(OCC)c1OCC. The lowest BCUT2D eigenvalue weighted by atomic mass is 10.2. The number of carbonyl (C=O) groups is 2. The molecule has 34 heavy (non-hydrogen) atoms. The Balaban J connectivity index is 2.44. The molecule has 9 nitrogen and oxygen atoms in total. The molecule has 0 fully saturated rings. The Hall–Kier alpha value is -3.33. The highest BCUT2D eigenvalue weighted by Gasteiger charge is 2.31. The van der Waals surface area contributed by atoms with Crippen LogP contribution in [-0.2, 0) is 9.59 Å². The monoisotopic (exact) mass is 491 g/mol. The second-order valence-electron chi connectivity index (χ2n) is 6.79. The smallest absolute Gasteiger partial charge is 0.276 e. The van der Waals surface area contributed by atoms with E-state index in [1.54, 1.807) is 43.3 Å². The number of ether oxygens (including phenoxy) is 4. The number of amides is 1. The molecule has 0 N–H and O–H groups in total. The summed E-state index contributed by atoms with van der Waals surface area (Å²) in [4.78, 5) is 25.6. The lowest BCUT2D eigenvalue weighted by Gasteiger charge is -2.21. The lowest BCUT2D eigenvalue weighted by molar-refractivity contribution is -0.126. The number of rotatable bonds is 13. The van der Waals surface area contributed by atoms with Crippen molar-refractivity contribution in [2.45, 2.75) is 40.7 Å². The van der Waals surface area contributed by atoms with Gasteiger partial charge in [0.15, 0.2) is 34.5 Å². The number of azo groups is 1. The Morgan fingerprint density at radius 3 is 1.88 bits per heavy atom. The van der Waals surface area contributed by atoms with Gasteiger partial charge in [-0.25, -0.2) is 4.42 Å². The number of hydrogen-bond acceptors (Lipinski definition) is 8. The number of benzene rings is 2. The molecule has 0 aromatic heterocycles. The van der Waals surface area contributed by atoms with Crippen molar-refractivity contribution < 1.29 is 28.5 Å². The average molecular weight is 492 g/mol. The zero-order valence-electron chi connectivity index (χ0n) is 20.0. The summed E-state index contributed by atoms with van der Waals surface area (Å²) in [5, 5.41) is 8.19. The highest BCUT2D eigenvalue weighted by Crippen LogP contribution is 2.40. The standard InChI is InChI=1S/C24H30ClN3O6/c1-6-31-18-13-11-14-19(32-7-2)22(18)27-26-21(16(5)29)24(30)28(25)17-12-10-15-20(33-8-3)23(17)34-9-4/h10-15,21H,6-9H2,1-5H3. The van der Waals surface area contributed by atoms with Crippen LogP contribution in [0.15, 0.2) is 46.6 Å². The van der Waals surface area contributed by atoms with E-state index in [9.17, 15) is 9.59 Å². The van der Waals surface area contributed by atoms with Crippen LogP contribution in [0.25, 0.3) is 0 Å². The Bertz CT molecular complexity index is 990. The third kappa shape index (κ3) is 6.60. The normalized spacial score (nSPS) is 11.7. The Labute approximate surface area is 204 Å². The molecular weight excluding hydrogens is 462 g/mol. The van der Waals surface area contributed by atoms with Crippen molar-refractivity contribution in [3.63, 3.8) is 0 Å². The summed E-state index contributed by atoms with van der Waals surface area (Å²) in [5.74, 6) is 0.211. The van der Waals surface area contributed by atoms with Gasteiger partial charge in [-0.2, -0.15) is 5.11 Å². The molecular formula is C24H30ClN3O6. The largest absolute Gasteiger partial charge is 0.491 e. The lowest BCUT2D eigenvalue weighted by Crippen LogP contribution is -2.36. The molecule has 0 aliphatic rings. The van der Waals surface area contributed by atoms with Crippen molar-refractivity contribution in [3.05, 3.63) is 36.4 Å². The molecule has 2 aromatic carbocycles. The Morgan fingerprint density at radius 1 is 0.853 bits per heavy atom. The van der Waals surface area contributed by atoms with E-state index in [1.807, 2.05) is 20.8 Å². The van der Waals surface area contributed by atoms with Crippen LogP contribution in [0, 0.1) is 0 Å². The van der Waals surface area contributed by atoms with Gasteiger partial charge in [0.1, 0.15) is 5.69 Å². The first-order valence-corrected chi connectivity index (χ1v) is 11.4. The molecule has 0 saturated heterocycles. The van der Waals surface area contributed by atoms with E-state index >= 15 is 0 Å². The predicted octanol–water partition coefficient (Wildman–Crippen LogP) is 5.51. The van der Waals surface area contributed by atoms with Crippen LogP contribution in [-0.4, -0.2) is 44.2 Å². The van der Waals surface area contributed by atoms with Gasteiger partial charge in [0.05, 0.1) is 26.4 Å². The van der Waals surface area contributed by atoms with Gasteiger partial charge in [-0.05, 0) is 58.9 Å². The second-order valence-corrected chi connectivity index (χ2v) is 7.13. The molecule has 1 atom stereocenters. The Morgan fingerprint density at radius 2 is 1.35 bits per heavy atom. The minimum absolute atomic E-state index is 0.227. The topological polar surface area (TPSA) is 99.0 Å². The van der Waals surface area contributed by atoms with Gasteiger partial charge in [0.2, 0.25) is 6.04 Å². The molecule has 2 rings (SSSR count). The van der Waals surface area contributed by atoms with Crippen LogP contribution in [0.2, 0.25) is 0 Å². The van der Waals surface area contributed by atoms with Crippen molar-refractivity contribution in [1.29, 1.82) is 0 Å². The van der Waals surface area contributed by atoms with Gasteiger partial charge in [-0.15, -0.1) is 5.11 Å². The molecule has 0 aliphatic carbocycles. The van der Waals surface area contributed by atoms with Crippen molar-refractivity contribution in [2.24, 2.45) is 10.2 Å². The minimum Gasteiger partial charge on any atom is -0.491 e. The van der Waals surface area contributed by atoms with Crippen LogP contribution in [0.5, 0.6) is 23.0 Å². The molecule has 10 heteroatoms. The summed E-state index contributed by atoms with van der Waals surface area (Å²) in [6.07, 6.45) is 0. The summed E-state index contributed by atoms with van der Waals surface area (Å²) in [5.41, 5.74) is 0.505. The first kappa shape index (κ1) is 26.9. The van der Waals surface area contributed by atoms with Crippen LogP contribution in [0.4, 0.5) is 11.4 Å². The van der Waals surface area contributed by atoms with Crippen LogP contribution in [0.1, 0.15) is 34.6 Å². The van der Waals surface area contributed by atoms with E-state index in [4.69, 9.17) is 30.7 Å². The summed E-state index contributed by atoms with van der Waals surface area (Å²) in [6, 6.07) is 8.62. The molecule has 0 radical (unpaired) electrons. The third-order valence-corrected chi connectivity index (χ3v) is 4.75. The van der Waals surface area contributed by atoms with Gasteiger partial charge in [-0.1, -0.05) is 12.1 Å². The number of hydrogen-bond donors (Lipinski definition) is 0. The van der Waals surface area contributed by atoms with Crippen LogP contribution >= 0.6 is 11.8 Å². The third-order valence-electron chi connectivity index (χ3n) is 4.41. The maximum atomic E-state index is 13.2. The molecule has 0 heterocycles. The zero-order chi connectivity index (χ0) is 25.1. The summed E-state index contributed by atoms with van der Waals surface area (Å²) < 4.78 is 23.3. The van der Waals surface area contributed by atoms with E-state index < -0.39 is 17.7 Å². The number of para-hydroxylation sites is 1. The fourth-order valence-corrected chi connectivity index (χ4v) is 3.23. The van der Waals surface area contributed by atoms with Crippen molar-refractivity contribution in [3.8, 4) is 23.0 Å². The second kappa shape index (κ2) is 13.4. The number of Topliss-reactive ketones (excluding diaryl/α,β-unsaturated/α-hetero) is 1. The number of halogens is 1. The average Bonchev–Trinajstić information content (AvgIpc) is 2.81. The zero-order valence-corrected chi connectivity index (χ0v) is 20.8. The van der Waals surface area contributed by atoms with E-state index in [0.29, 0.717) is 43.7 Å². The molecule has 2 aromatic rings. The summed E-state index contributed by atoms with van der Waals surface area (Å²) >= 11 is 6.40. The summed E-state index contributed by atoms with van der Waals surface area (Å²) in [6.45, 7) is 10.0. The van der Waals surface area contributed by atoms with Gasteiger partial charge in [-0.3, -0.25) is 9.59 Å². The molecule has 0 spiro atoms. The van der Waals surface area contributed by atoms with Crippen LogP contribution < -0.4 is 23.4 Å². The molecule has 1 unspecified atom stereocenters. The minimum atomic E-state index is -1.49. The Kier molecular flexibility index (Phi) is 10.6. The van der Waals surface area contributed by atoms with Gasteiger partial charge < -0.3 is 18.9 Å². The van der Waals surface area contributed by atoms with E-state index in [-0.39, 0.29) is 17.1 Å². The molecule has 0 aliphatic heterocycles. The number of anilines is 1. The van der Waals surface area contributed by atoms with E-state index in [1.165, 1.54) is 6.92 Å². The fourth-order valence-electron chi connectivity index (χ4n) is 3.01. The fraction of sp³-hybridized carbons (Fsp3) is 0.417.